The molecule has 1 aromatic carbocycles. The van der Waals surface area contributed by atoms with Crippen LogP contribution in [0.3, 0.4) is 0 Å². The number of carbonyl (C=O) groups is 2. The van der Waals surface area contributed by atoms with E-state index in [0.29, 0.717) is 5.56 Å². The Balaban J connectivity index is 1.68. The Hall–Kier alpha value is -2.43. The first-order valence-corrected chi connectivity index (χ1v) is 10.0. The third-order valence-electron chi connectivity index (χ3n) is 5.26. The summed E-state index contributed by atoms with van der Waals surface area (Å²) in [7, 11) is 0. The average Bonchev–Trinajstić information content (AvgIpc) is 3.47. The molecule has 5 nitrogen and oxygen atoms in total. The molecule has 5 heteroatoms. The molecule has 1 aliphatic carbocycles. The third-order valence-corrected chi connectivity index (χ3v) is 5.26. The lowest BCUT2D eigenvalue weighted by Gasteiger charge is -2.07. The van der Waals surface area contributed by atoms with Gasteiger partial charge in [0.2, 0.25) is 5.91 Å². The number of amides is 1. The van der Waals surface area contributed by atoms with Crippen molar-refractivity contribution in [3.8, 4) is 0 Å². The van der Waals surface area contributed by atoms with Crippen molar-refractivity contribution in [2.24, 2.45) is 5.92 Å². The quantitative estimate of drug-likeness (QED) is 0.690. The Morgan fingerprint density at radius 1 is 1.11 bits per heavy atom. The minimum absolute atomic E-state index is 0.0698. The molecule has 0 bridgehead atoms. The molecule has 0 radical (unpaired) electrons. The fourth-order valence-electron chi connectivity index (χ4n) is 3.37. The van der Waals surface area contributed by atoms with E-state index >= 15 is 0 Å². The van der Waals surface area contributed by atoms with Crippen LogP contribution in [-0.2, 0) is 11.2 Å². The highest BCUT2D eigenvalue weighted by Crippen LogP contribution is 2.30. The normalized spacial score (nSPS) is 13.6. The molecule has 1 heterocycles. The number of rotatable bonds is 8. The second kappa shape index (κ2) is 8.51. The summed E-state index contributed by atoms with van der Waals surface area (Å²) >= 11 is 0. The molecule has 2 aromatic rings. The number of carbonyl (C=O) groups excluding carboxylic acids is 2. The minimum Gasteiger partial charge on any atom is -0.326 e. The van der Waals surface area contributed by atoms with Gasteiger partial charge in [-0.25, -0.2) is 4.68 Å². The van der Waals surface area contributed by atoms with Crippen LogP contribution in [0.2, 0.25) is 0 Å². The molecule has 27 heavy (non-hydrogen) atoms. The summed E-state index contributed by atoms with van der Waals surface area (Å²) in [5.41, 5.74) is 4.36. The smallest absolute Gasteiger partial charge is 0.278 e. The highest BCUT2D eigenvalue weighted by atomic mass is 16.2. The molecule has 1 aromatic heterocycles. The molecule has 0 spiro atoms. The lowest BCUT2D eigenvalue weighted by molar-refractivity contribution is -0.117. The largest absolute Gasteiger partial charge is 0.326 e. The molecule has 1 saturated carbocycles. The van der Waals surface area contributed by atoms with Crippen LogP contribution in [0.15, 0.2) is 24.3 Å². The summed E-state index contributed by atoms with van der Waals surface area (Å²) in [6.07, 6.45) is 7.72. The maximum Gasteiger partial charge on any atom is 0.278 e. The number of hydrogen-bond acceptors (Lipinski definition) is 3. The molecule has 0 aliphatic heterocycles. The fourth-order valence-corrected chi connectivity index (χ4v) is 3.37. The van der Waals surface area contributed by atoms with Crippen LogP contribution >= 0.6 is 0 Å². The maximum absolute atomic E-state index is 12.9. The van der Waals surface area contributed by atoms with E-state index in [2.05, 4.69) is 17.3 Å². The molecular formula is C22H29N3O2. The van der Waals surface area contributed by atoms with Gasteiger partial charge in [-0.05, 0) is 69.4 Å². The second-order valence-electron chi connectivity index (χ2n) is 7.52. The summed E-state index contributed by atoms with van der Waals surface area (Å²) in [6, 6.07) is 7.07. The average molecular weight is 367 g/mol. The molecular weight excluding hydrogens is 338 g/mol. The molecule has 0 atom stereocenters. The van der Waals surface area contributed by atoms with E-state index < -0.39 is 0 Å². The zero-order valence-corrected chi connectivity index (χ0v) is 16.5. The van der Waals surface area contributed by atoms with Gasteiger partial charge in [-0.1, -0.05) is 26.2 Å². The van der Waals surface area contributed by atoms with Crippen molar-refractivity contribution < 1.29 is 9.59 Å². The van der Waals surface area contributed by atoms with Crippen LogP contribution in [-0.4, -0.2) is 21.6 Å². The van der Waals surface area contributed by atoms with Crippen LogP contribution in [0.25, 0.3) is 0 Å². The number of unbranched alkanes of at least 4 members (excludes halogenated alkanes) is 3. The van der Waals surface area contributed by atoms with Gasteiger partial charge in [0.15, 0.2) is 0 Å². The summed E-state index contributed by atoms with van der Waals surface area (Å²) in [5, 5.41) is 7.38. The number of hydrogen-bond donors (Lipinski definition) is 1. The molecule has 0 unspecified atom stereocenters. The molecule has 1 N–H and O–H groups in total. The Labute approximate surface area is 161 Å². The third kappa shape index (κ3) is 4.65. The zero-order valence-electron chi connectivity index (χ0n) is 16.5. The van der Waals surface area contributed by atoms with E-state index in [1.165, 1.54) is 29.5 Å². The fraction of sp³-hybridized carbons (Fsp3) is 0.500. The number of nitrogens with zero attached hydrogens (tertiary/aromatic N) is 2. The number of benzene rings is 1. The van der Waals surface area contributed by atoms with Crippen LogP contribution < -0.4 is 5.32 Å². The molecule has 144 valence electrons. The first kappa shape index (κ1) is 19.3. The van der Waals surface area contributed by atoms with Gasteiger partial charge in [0, 0.05) is 22.9 Å². The van der Waals surface area contributed by atoms with Gasteiger partial charge < -0.3 is 5.32 Å². The lowest BCUT2D eigenvalue weighted by Crippen LogP contribution is -2.16. The number of anilines is 1. The summed E-state index contributed by atoms with van der Waals surface area (Å²) in [5.74, 6) is 0.104. The van der Waals surface area contributed by atoms with Crippen molar-refractivity contribution in [3.63, 3.8) is 0 Å². The standard InChI is InChI=1S/C22H29N3O2/c1-4-5-6-7-8-20-15(2)24-25(16(20)3)22(27)18-11-13-19(14-12-18)23-21(26)17-9-10-17/h11-14,17H,4-10H2,1-3H3,(H,23,26). The van der Waals surface area contributed by atoms with Crippen molar-refractivity contribution >= 4 is 17.5 Å². The maximum atomic E-state index is 12.9. The molecule has 1 aliphatic rings. The molecule has 1 amide bonds. The van der Waals surface area contributed by atoms with Gasteiger partial charge in [-0.3, -0.25) is 9.59 Å². The number of aryl methyl sites for hydroxylation is 1. The van der Waals surface area contributed by atoms with Gasteiger partial charge in [0.25, 0.3) is 5.91 Å². The van der Waals surface area contributed by atoms with Crippen molar-refractivity contribution in [2.45, 2.75) is 65.7 Å². The minimum atomic E-state index is -0.129. The predicted molar refractivity (Wildman–Crippen MR) is 107 cm³/mol. The van der Waals surface area contributed by atoms with Crippen molar-refractivity contribution in [1.29, 1.82) is 0 Å². The van der Waals surface area contributed by atoms with E-state index in [0.717, 1.165) is 42.8 Å². The molecule has 0 saturated heterocycles. The zero-order chi connectivity index (χ0) is 19.4. The van der Waals surface area contributed by atoms with Crippen LogP contribution in [0.4, 0.5) is 5.69 Å². The van der Waals surface area contributed by atoms with Gasteiger partial charge in [0.05, 0.1) is 5.69 Å². The van der Waals surface area contributed by atoms with Crippen LogP contribution in [0.1, 0.15) is 72.8 Å². The number of aromatic nitrogens is 2. The van der Waals surface area contributed by atoms with Gasteiger partial charge >= 0.3 is 0 Å². The monoisotopic (exact) mass is 367 g/mol. The van der Waals surface area contributed by atoms with Gasteiger partial charge in [-0.15, -0.1) is 0 Å². The van der Waals surface area contributed by atoms with Gasteiger partial charge in [-0.2, -0.15) is 5.10 Å². The van der Waals surface area contributed by atoms with Crippen LogP contribution in [0, 0.1) is 19.8 Å². The predicted octanol–water partition coefficient (Wildman–Crippen LogP) is 4.66. The first-order valence-electron chi connectivity index (χ1n) is 10.0. The Morgan fingerprint density at radius 3 is 2.44 bits per heavy atom. The van der Waals surface area contributed by atoms with E-state index in [1.807, 2.05) is 13.8 Å². The Morgan fingerprint density at radius 2 is 1.81 bits per heavy atom. The van der Waals surface area contributed by atoms with E-state index in [9.17, 15) is 9.59 Å². The highest BCUT2D eigenvalue weighted by Gasteiger charge is 2.29. The van der Waals surface area contributed by atoms with Crippen molar-refractivity contribution in [3.05, 3.63) is 46.8 Å². The van der Waals surface area contributed by atoms with E-state index in [-0.39, 0.29) is 17.7 Å². The van der Waals surface area contributed by atoms with E-state index in [4.69, 9.17) is 0 Å². The summed E-state index contributed by atoms with van der Waals surface area (Å²) < 4.78 is 1.52. The summed E-state index contributed by atoms with van der Waals surface area (Å²) in [6.45, 7) is 6.15. The van der Waals surface area contributed by atoms with Crippen LogP contribution in [0.5, 0.6) is 0 Å². The molecule has 1 fully saturated rings. The summed E-state index contributed by atoms with van der Waals surface area (Å²) in [4.78, 5) is 24.7. The SMILES string of the molecule is CCCCCCc1c(C)nn(C(=O)c2ccc(NC(=O)C3CC3)cc2)c1C. The lowest BCUT2D eigenvalue weighted by atomic mass is 10.0. The Kier molecular flexibility index (Phi) is 6.09. The molecule has 3 rings (SSSR count). The van der Waals surface area contributed by atoms with E-state index in [1.54, 1.807) is 24.3 Å². The highest BCUT2D eigenvalue weighted by molar-refractivity contribution is 5.97. The topological polar surface area (TPSA) is 64.0 Å². The van der Waals surface area contributed by atoms with Crippen molar-refractivity contribution in [2.75, 3.05) is 5.32 Å². The second-order valence-corrected chi connectivity index (χ2v) is 7.52. The first-order chi connectivity index (χ1) is 13.0. The van der Waals surface area contributed by atoms with Gasteiger partial charge in [0.1, 0.15) is 0 Å². The number of nitrogens with one attached hydrogen (secondary N) is 1. The van der Waals surface area contributed by atoms with Crippen molar-refractivity contribution in [1.82, 2.24) is 9.78 Å². The Bertz CT molecular complexity index is 817.